The predicted octanol–water partition coefficient (Wildman–Crippen LogP) is 5.25. The smallest absolute Gasteiger partial charge is 0.341 e. The van der Waals surface area contributed by atoms with Crippen molar-refractivity contribution in [3.05, 3.63) is 29.3 Å². The number of esters is 1. The maximum absolute atomic E-state index is 12.0. The number of carbonyl (C=O) groups is 1. The number of benzene rings is 1. The molecule has 0 spiro atoms. The number of aromatic hydroxyl groups is 1. The fraction of sp³-hybridized carbons (Fsp3) is 0.632. The molecule has 22 heavy (non-hydrogen) atoms. The Kier molecular flexibility index (Phi) is 9.36. The molecule has 0 aliphatic carbocycles. The number of hydrogen-bond donors (Lipinski definition) is 1. The molecule has 0 atom stereocenters. The van der Waals surface area contributed by atoms with Crippen LogP contribution in [0.2, 0.25) is 0 Å². The fourth-order valence-electron chi connectivity index (χ4n) is 2.44. The Hall–Kier alpha value is -1.51. The highest BCUT2D eigenvalue weighted by atomic mass is 16.5. The van der Waals surface area contributed by atoms with Crippen LogP contribution >= 0.6 is 0 Å². The first-order valence-electron chi connectivity index (χ1n) is 8.68. The van der Waals surface area contributed by atoms with Crippen LogP contribution in [0.3, 0.4) is 0 Å². The van der Waals surface area contributed by atoms with Crippen molar-refractivity contribution < 1.29 is 14.6 Å². The first-order valence-corrected chi connectivity index (χ1v) is 8.68. The van der Waals surface area contributed by atoms with Gasteiger partial charge in [0.1, 0.15) is 11.3 Å². The van der Waals surface area contributed by atoms with Gasteiger partial charge in [0.25, 0.3) is 0 Å². The standard InChI is InChI=1S/C19H30O3/c1-3-5-7-8-9-10-12-16-13-11-14-17(18(16)20)19(21)22-15-6-4-2/h11,13-14,20H,3-10,12,15H2,1-2H3. The summed E-state index contributed by atoms with van der Waals surface area (Å²) in [7, 11) is 0. The summed E-state index contributed by atoms with van der Waals surface area (Å²) in [5.74, 6) is -0.326. The van der Waals surface area contributed by atoms with E-state index in [9.17, 15) is 9.90 Å². The van der Waals surface area contributed by atoms with E-state index in [2.05, 4.69) is 6.92 Å². The molecule has 0 aliphatic heterocycles. The van der Waals surface area contributed by atoms with Gasteiger partial charge in [-0.2, -0.15) is 0 Å². The zero-order valence-corrected chi connectivity index (χ0v) is 14.1. The van der Waals surface area contributed by atoms with Gasteiger partial charge in [0.2, 0.25) is 0 Å². The van der Waals surface area contributed by atoms with Crippen LogP contribution < -0.4 is 0 Å². The highest BCUT2D eigenvalue weighted by molar-refractivity contribution is 5.92. The first kappa shape index (κ1) is 18.5. The van der Waals surface area contributed by atoms with Gasteiger partial charge in [-0.05, 0) is 30.9 Å². The second-order valence-electron chi connectivity index (χ2n) is 5.82. The summed E-state index contributed by atoms with van der Waals surface area (Å²) in [6, 6.07) is 5.35. The summed E-state index contributed by atoms with van der Waals surface area (Å²) in [6.07, 6.45) is 9.94. The largest absolute Gasteiger partial charge is 0.507 e. The van der Waals surface area contributed by atoms with Crippen LogP contribution in [0.15, 0.2) is 18.2 Å². The average Bonchev–Trinajstić information content (AvgIpc) is 2.52. The summed E-state index contributed by atoms with van der Waals surface area (Å²) in [4.78, 5) is 12.0. The van der Waals surface area contributed by atoms with Gasteiger partial charge in [0.05, 0.1) is 6.61 Å². The zero-order valence-electron chi connectivity index (χ0n) is 14.1. The van der Waals surface area contributed by atoms with Crippen LogP contribution in [0.25, 0.3) is 0 Å². The van der Waals surface area contributed by atoms with Crippen LogP contribution in [-0.4, -0.2) is 17.7 Å². The average molecular weight is 306 g/mol. The normalized spacial score (nSPS) is 10.6. The summed E-state index contributed by atoms with van der Waals surface area (Å²) >= 11 is 0. The molecule has 0 fully saturated rings. The number of hydrogen-bond acceptors (Lipinski definition) is 3. The van der Waals surface area contributed by atoms with Crippen molar-refractivity contribution in [3.8, 4) is 5.75 Å². The molecule has 0 heterocycles. The molecule has 3 heteroatoms. The Balaban J connectivity index is 2.48. The van der Waals surface area contributed by atoms with Crippen molar-refractivity contribution in [2.24, 2.45) is 0 Å². The van der Waals surface area contributed by atoms with Gasteiger partial charge in [0, 0.05) is 0 Å². The first-order chi connectivity index (χ1) is 10.7. The number of carbonyl (C=O) groups excluding carboxylic acids is 1. The van der Waals surface area contributed by atoms with E-state index in [1.54, 1.807) is 6.07 Å². The molecule has 0 radical (unpaired) electrons. The van der Waals surface area contributed by atoms with Crippen molar-refractivity contribution in [1.29, 1.82) is 0 Å². The third kappa shape index (κ3) is 6.50. The van der Waals surface area contributed by atoms with Crippen molar-refractivity contribution in [1.82, 2.24) is 0 Å². The van der Waals surface area contributed by atoms with E-state index < -0.39 is 5.97 Å². The number of para-hydroxylation sites is 1. The van der Waals surface area contributed by atoms with Crippen LogP contribution in [0.5, 0.6) is 5.75 Å². The van der Waals surface area contributed by atoms with E-state index in [0.717, 1.165) is 31.2 Å². The number of aryl methyl sites for hydroxylation is 1. The lowest BCUT2D eigenvalue weighted by atomic mass is 10.0. The fourth-order valence-corrected chi connectivity index (χ4v) is 2.44. The maximum Gasteiger partial charge on any atom is 0.341 e. The van der Waals surface area contributed by atoms with Crippen molar-refractivity contribution in [2.45, 2.75) is 71.6 Å². The molecule has 0 saturated carbocycles. The van der Waals surface area contributed by atoms with Gasteiger partial charge in [-0.3, -0.25) is 0 Å². The minimum Gasteiger partial charge on any atom is -0.507 e. The molecule has 1 aromatic rings. The number of rotatable bonds is 11. The Morgan fingerprint density at radius 3 is 2.41 bits per heavy atom. The topological polar surface area (TPSA) is 46.5 Å². The lowest BCUT2D eigenvalue weighted by Crippen LogP contribution is -2.07. The number of phenolic OH excluding ortho intramolecular Hbond substituents is 1. The van der Waals surface area contributed by atoms with E-state index in [1.165, 1.54) is 32.1 Å². The van der Waals surface area contributed by atoms with Crippen LogP contribution in [0.1, 0.15) is 81.1 Å². The third-order valence-electron chi connectivity index (χ3n) is 3.87. The second-order valence-corrected chi connectivity index (χ2v) is 5.82. The van der Waals surface area contributed by atoms with Crippen molar-refractivity contribution in [3.63, 3.8) is 0 Å². The van der Waals surface area contributed by atoms with E-state index >= 15 is 0 Å². The summed E-state index contributed by atoms with van der Waals surface area (Å²) in [5, 5.41) is 10.3. The maximum atomic E-state index is 12.0. The molecule has 1 aromatic carbocycles. The van der Waals surface area contributed by atoms with Gasteiger partial charge < -0.3 is 9.84 Å². The summed E-state index contributed by atoms with van der Waals surface area (Å²) in [5.41, 5.74) is 1.14. The van der Waals surface area contributed by atoms with Gasteiger partial charge in [-0.25, -0.2) is 4.79 Å². The highest BCUT2D eigenvalue weighted by Crippen LogP contribution is 2.25. The number of phenols is 1. The molecule has 0 saturated heterocycles. The molecule has 0 unspecified atom stereocenters. The predicted molar refractivity (Wildman–Crippen MR) is 90.4 cm³/mol. The van der Waals surface area contributed by atoms with E-state index in [-0.39, 0.29) is 5.75 Å². The number of ether oxygens (including phenoxy) is 1. The van der Waals surface area contributed by atoms with E-state index in [4.69, 9.17) is 4.74 Å². The minimum absolute atomic E-state index is 0.0950. The summed E-state index contributed by atoms with van der Waals surface area (Å²) in [6.45, 7) is 4.67. The van der Waals surface area contributed by atoms with Crippen molar-refractivity contribution >= 4 is 5.97 Å². The summed E-state index contributed by atoms with van der Waals surface area (Å²) < 4.78 is 5.18. The minimum atomic E-state index is -0.421. The van der Waals surface area contributed by atoms with E-state index in [0.29, 0.717) is 12.2 Å². The zero-order chi connectivity index (χ0) is 16.2. The van der Waals surface area contributed by atoms with Crippen molar-refractivity contribution in [2.75, 3.05) is 6.61 Å². The Morgan fingerprint density at radius 2 is 1.68 bits per heavy atom. The highest BCUT2D eigenvalue weighted by Gasteiger charge is 2.15. The molecule has 1 rings (SSSR count). The van der Waals surface area contributed by atoms with Crippen LogP contribution in [0, 0.1) is 0 Å². The molecule has 1 N–H and O–H groups in total. The SMILES string of the molecule is CCCCCCCCc1cccc(C(=O)OCCCC)c1O. The molecule has 0 amide bonds. The quantitative estimate of drug-likeness (QED) is 0.448. The second kappa shape index (κ2) is 11.1. The van der Waals surface area contributed by atoms with Gasteiger partial charge >= 0.3 is 5.97 Å². The lowest BCUT2D eigenvalue weighted by molar-refractivity contribution is 0.0496. The van der Waals surface area contributed by atoms with Crippen LogP contribution in [0.4, 0.5) is 0 Å². The monoisotopic (exact) mass is 306 g/mol. The van der Waals surface area contributed by atoms with Gasteiger partial charge in [0.15, 0.2) is 0 Å². The number of unbranched alkanes of at least 4 members (excludes halogenated alkanes) is 6. The molecule has 0 aliphatic rings. The van der Waals surface area contributed by atoms with E-state index in [1.807, 2.05) is 19.1 Å². The molecule has 124 valence electrons. The Bertz CT molecular complexity index is 440. The lowest BCUT2D eigenvalue weighted by Gasteiger charge is -2.10. The third-order valence-corrected chi connectivity index (χ3v) is 3.87. The molecular weight excluding hydrogens is 276 g/mol. The Labute approximate surface area is 134 Å². The van der Waals surface area contributed by atoms with Gasteiger partial charge in [-0.1, -0.05) is 64.5 Å². The van der Waals surface area contributed by atoms with Gasteiger partial charge in [-0.15, -0.1) is 0 Å². The Morgan fingerprint density at radius 1 is 1.00 bits per heavy atom. The molecule has 0 aromatic heterocycles. The molecule has 0 bridgehead atoms. The molecular formula is C19H30O3. The molecule has 3 nitrogen and oxygen atoms in total. The van der Waals surface area contributed by atoms with Crippen LogP contribution in [-0.2, 0) is 11.2 Å².